The van der Waals surface area contributed by atoms with Crippen LogP contribution >= 0.6 is 0 Å². The summed E-state index contributed by atoms with van der Waals surface area (Å²) in [5.41, 5.74) is -0.623. The zero-order chi connectivity index (χ0) is 14.2. The number of carbonyl (C=O) groups is 2. The van der Waals surface area contributed by atoms with Crippen LogP contribution in [0, 0.1) is 0 Å². The Bertz CT molecular complexity index is 499. The van der Waals surface area contributed by atoms with Crippen LogP contribution in [0.4, 0.5) is 4.79 Å². The van der Waals surface area contributed by atoms with Crippen molar-refractivity contribution in [1.29, 1.82) is 0 Å². The third kappa shape index (κ3) is 3.01. The highest BCUT2D eigenvalue weighted by Crippen LogP contribution is 2.22. The van der Waals surface area contributed by atoms with E-state index in [9.17, 15) is 9.59 Å². The van der Waals surface area contributed by atoms with Gasteiger partial charge < -0.3 is 14.7 Å². The molecule has 0 aromatic carbocycles. The van der Waals surface area contributed by atoms with Crippen molar-refractivity contribution in [1.82, 2.24) is 19.9 Å². The van der Waals surface area contributed by atoms with Gasteiger partial charge in [0, 0.05) is 13.1 Å². The van der Waals surface area contributed by atoms with Crippen molar-refractivity contribution in [2.24, 2.45) is 0 Å². The first-order valence-electron chi connectivity index (χ1n) is 5.89. The maximum Gasteiger partial charge on any atom is 0.410 e. The SMILES string of the molecule is CC(C)(C)OC(=O)N1CC(n2cc(C(=O)O)nn2)C1. The Labute approximate surface area is 109 Å². The molecule has 1 fully saturated rings. The van der Waals surface area contributed by atoms with Crippen LogP contribution in [0.15, 0.2) is 6.20 Å². The average molecular weight is 268 g/mol. The normalized spacial score (nSPS) is 16.1. The molecule has 0 atom stereocenters. The Morgan fingerprint density at radius 3 is 2.53 bits per heavy atom. The van der Waals surface area contributed by atoms with Crippen LogP contribution in [0.25, 0.3) is 0 Å². The lowest BCUT2D eigenvalue weighted by Gasteiger charge is -2.39. The van der Waals surface area contributed by atoms with E-state index in [4.69, 9.17) is 9.84 Å². The summed E-state index contributed by atoms with van der Waals surface area (Å²) in [6.07, 6.45) is 0.988. The second-order valence-electron chi connectivity index (χ2n) is 5.43. The summed E-state index contributed by atoms with van der Waals surface area (Å²) >= 11 is 0. The van der Waals surface area contributed by atoms with Gasteiger partial charge >= 0.3 is 12.1 Å². The molecule has 1 aliphatic heterocycles. The van der Waals surface area contributed by atoms with E-state index in [1.807, 2.05) is 0 Å². The summed E-state index contributed by atoms with van der Waals surface area (Å²) in [7, 11) is 0. The number of aromatic carboxylic acids is 1. The van der Waals surface area contributed by atoms with Crippen molar-refractivity contribution in [3.8, 4) is 0 Å². The monoisotopic (exact) mass is 268 g/mol. The number of carbonyl (C=O) groups excluding carboxylic acids is 1. The molecule has 1 saturated heterocycles. The van der Waals surface area contributed by atoms with Crippen LogP contribution in [-0.4, -0.2) is 55.8 Å². The number of carboxylic acid groups (broad SMARTS) is 1. The summed E-state index contributed by atoms with van der Waals surface area (Å²) < 4.78 is 6.68. The molecule has 2 rings (SSSR count). The lowest BCUT2D eigenvalue weighted by Crippen LogP contribution is -2.52. The van der Waals surface area contributed by atoms with Crippen LogP contribution in [-0.2, 0) is 4.74 Å². The van der Waals surface area contributed by atoms with Crippen molar-refractivity contribution in [3.05, 3.63) is 11.9 Å². The van der Waals surface area contributed by atoms with Crippen LogP contribution < -0.4 is 0 Å². The first-order chi connectivity index (χ1) is 8.76. The molecule has 0 radical (unpaired) electrons. The molecule has 1 aromatic heterocycles. The van der Waals surface area contributed by atoms with Gasteiger partial charge in [0.1, 0.15) is 5.60 Å². The van der Waals surface area contributed by atoms with Crippen molar-refractivity contribution in [2.75, 3.05) is 13.1 Å². The van der Waals surface area contributed by atoms with Gasteiger partial charge in [0.2, 0.25) is 0 Å². The van der Waals surface area contributed by atoms with Gasteiger partial charge in [-0.2, -0.15) is 0 Å². The molecular formula is C11H16N4O4. The molecule has 1 amide bonds. The molecule has 1 N–H and O–H groups in total. The summed E-state index contributed by atoms with van der Waals surface area (Å²) in [6, 6.07) is -0.0480. The average Bonchev–Trinajstić information content (AvgIpc) is 2.61. The van der Waals surface area contributed by atoms with Crippen molar-refractivity contribution < 1.29 is 19.4 Å². The van der Waals surface area contributed by atoms with E-state index in [1.54, 1.807) is 20.8 Å². The Morgan fingerprint density at radius 1 is 1.42 bits per heavy atom. The van der Waals surface area contributed by atoms with Gasteiger partial charge in [-0.1, -0.05) is 5.21 Å². The summed E-state index contributed by atoms with van der Waals surface area (Å²) in [4.78, 5) is 23.9. The molecule has 0 unspecified atom stereocenters. The highest BCUT2D eigenvalue weighted by atomic mass is 16.6. The van der Waals surface area contributed by atoms with Crippen LogP contribution in [0.5, 0.6) is 0 Å². The predicted octanol–water partition coefficient (Wildman–Crippen LogP) is 0.768. The van der Waals surface area contributed by atoms with E-state index in [1.165, 1.54) is 15.8 Å². The zero-order valence-electron chi connectivity index (χ0n) is 11.0. The Balaban J connectivity index is 1.89. The number of amides is 1. The number of likely N-dealkylation sites (tertiary alicyclic amines) is 1. The van der Waals surface area contributed by atoms with Gasteiger partial charge in [-0.05, 0) is 20.8 Å². The second kappa shape index (κ2) is 4.52. The summed E-state index contributed by atoms with van der Waals surface area (Å²) in [5.74, 6) is -1.12. The maximum atomic E-state index is 11.7. The van der Waals surface area contributed by atoms with Gasteiger partial charge in [-0.15, -0.1) is 5.10 Å². The molecule has 1 aliphatic rings. The second-order valence-corrected chi connectivity index (χ2v) is 5.43. The van der Waals surface area contributed by atoms with E-state index >= 15 is 0 Å². The largest absolute Gasteiger partial charge is 0.476 e. The molecule has 0 spiro atoms. The van der Waals surface area contributed by atoms with E-state index < -0.39 is 11.6 Å². The van der Waals surface area contributed by atoms with Gasteiger partial charge in [0.15, 0.2) is 5.69 Å². The van der Waals surface area contributed by atoms with Crippen molar-refractivity contribution in [2.45, 2.75) is 32.4 Å². The highest BCUT2D eigenvalue weighted by molar-refractivity contribution is 5.84. The molecular weight excluding hydrogens is 252 g/mol. The third-order valence-electron chi connectivity index (χ3n) is 2.62. The molecule has 2 heterocycles. The molecule has 0 aliphatic carbocycles. The molecule has 0 saturated carbocycles. The van der Waals surface area contributed by atoms with E-state index in [0.717, 1.165) is 0 Å². The highest BCUT2D eigenvalue weighted by Gasteiger charge is 2.35. The molecule has 19 heavy (non-hydrogen) atoms. The van der Waals surface area contributed by atoms with E-state index in [0.29, 0.717) is 13.1 Å². The Morgan fingerprint density at radius 2 is 2.05 bits per heavy atom. The molecule has 0 bridgehead atoms. The van der Waals surface area contributed by atoms with Gasteiger partial charge in [0.05, 0.1) is 12.2 Å². The van der Waals surface area contributed by atoms with Crippen LogP contribution in [0.2, 0.25) is 0 Å². The quantitative estimate of drug-likeness (QED) is 0.850. The minimum absolute atomic E-state index is 0.0480. The van der Waals surface area contributed by atoms with Crippen molar-refractivity contribution >= 4 is 12.1 Å². The fourth-order valence-electron chi connectivity index (χ4n) is 1.65. The fourth-order valence-corrected chi connectivity index (χ4v) is 1.65. The standard InChI is InChI=1S/C11H16N4O4/c1-11(2,3)19-10(18)14-4-7(5-14)15-6-8(9(16)17)12-13-15/h6-7H,4-5H2,1-3H3,(H,16,17). The number of ether oxygens (including phenoxy) is 1. The number of nitrogens with zero attached hydrogens (tertiary/aromatic N) is 4. The third-order valence-corrected chi connectivity index (χ3v) is 2.62. The Kier molecular flexibility index (Phi) is 3.17. The number of aromatic nitrogens is 3. The Hall–Kier alpha value is -2.12. The lowest BCUT2D eigenvalue weighted by molar-refractivity contribution is -0.000645. The molecule has 8 nitrogen and oxygen atoms in total. The number of hydrogen-bond donors (Lipinski definition) is 1. The molecule has 8 heteroatoms. The van der Waals surface area contributed by atoms with Crippen molar-refractivity contribution in [3.63, 3.8) is 0 Å². The van der Waals surface area contributed by atoms with E-state index in [-0.39, 0.29) is 17.8 Å². The number of rotatable bonds is 2. The first-order valence-corrected chi connectivity index (χ1v) is 5.89. The van der Waals surface area contributed by atoms with Crippen LogP contribution in [0.3, 0.4) is 0 Å². The smallest absolute Gasteiger partial charge is 0.410 e. The minimum atomic E-state index is -1.12. The summed E-state index contributed by atoms with van der Waals surface area (Å²) in [6.45, 7) is 6.30. The number of hydrogen-bond acceptors (Lipinski definition) is 5. The topological polar surface area (TPSA) is 97.5 Å². The number of carboxylic acids is 1. The van der Waals surface area contributed by atoms with Gasteiger partial charge in [-0.3, -0.25) is 0 Å². The van der Waals surface area contributed by atoms with Gasteiger partial charge in [-0.25, -0.2) is 14.3 Å². The lowest BCUT2D eigenvalue weighted by atomic mass is 10.1. The first kappa shape index (κ1) is 13.3. The van der Waals surface area contributed by atoms with Gasteiger partial charge in [0.25, 0.3) is 0 Å². The van der Waals surface area contributed by atoms with E-state index in [2.05, 4.69) is 10.3 Å². The predicted molar refractivity (Wildman–Crippen MR) is 63.8 cm³/mol. The molecule has 104 valence electrons. The zero-order valence-corrected chi connectivity index (χ0v) is 11.0. The van der Waals surface area contributed by atoms with Crippen LogP contribution in [0.1, 0.15) is 37.3 Å². The fraction of sp³-hybridized carbons (Fsp3) is 0.636. The summed E-state index contributed by atoms with van der Waals surface area (Å²) in [5, 5.41) is 16.0. The minimum Gasteiger partial charge on any atom is -0.476 e. The molecule has 1 aromatic rings. The maximum absolute atomic E-state index is 11.7.